The van der Waals surface area contributed by atoms with Gasteiger partial charge in [0.25, 0.3) is 0 Å². The quantitative estimate of drug-likeness (QED) is 0.916. The fraction of sp³-hybridized carbons (Fsp3) is 0.429. The Bertz CT molecular complexity index is 610. The molecule has 19 heavy (non-hydrogen) atoms. The van der Waals surface area contributed by atoms with Crippen LogP contribution in [-0.4, -0.2) is 28.0 Å². The standard InChI is InChI=1S/C14H16N2O2S/c1-9-8-10(14(17)18)6-7-16(9)13-11-4-2-3-5-12(11)15-19-13/h2-5,9-10H,6-8H2,1H3,(H,17,18). The van der Waals surface area contributed by atoms with Gasteiger partial charge in [0.1, 0.15) is 5.00 Å². The van der Waals surface area contributed by atoms with Crippen LogP contribution in [-0.2, 0) is 4.79 Å². The van der Waals surface area contributed by atoms with Crippen molar-refractivity contribution < 1.29 is 9.90 Å². The van der Waals surface area contributed by atoms with E-state index in [0.717, 1.165) is 12.1 Å². The lowest BCUT2D eigenvalue weighted by Gasteiger charge is -2.36. The van der Waals surface area contributed by atoms with Crippen molar-refractivity contribution in [2.24, 2.45) is 5.92 Å². The first-order valence-electron chi connectivity index (χ1n) is 6.50. The molecular formula is C14H16N2O2S. The molecule has 5 heteroatoms. The maximum atomic E-state index is 11.1. The topological polar surface area (TPSA) is 53.4 Å². The number of fused-ring (bicyclic) bond motifs is 1. The maximum absolute atomic E-state index is 11.1. The van der Waals surface area contributed by atoms with Crippen LogP contribution in [0.25, 0.3) is 10.9 Å². The molecule has 2 heterocycles. The Balaban J connectivity index is 1.89. The molecule has 100 valence electrons. The van der Waals surface area contributed by atoms with Crippen molar-refractivity contribution in [2.75, 3.05) is 11.4 Å². The van der Waals surface area contributed by atoms with Crippen LogP contribution in [0.15, 0.2) is 24.3 Å². The van der Waals surface area contributed by atoms with Crippen LogP contribution in [0, 0.1) is 5.92 Å². The largest absolute Gasteiger partial charge is 0.481 e. The summed E-state index contributed by atoms with van der Waals surface area (Å²) in [6, 6.07) is 8.37. The average Bonchev–Trinajstić information content (AvgIpc) is 2.82. The highest BCUT2D eigenvalue weighted by Gasteiger charge is 2.31. The zero-order valence-corrected chi connectivity index (χ0v) is 11.6. The molecule has 0 saturated carbocycles. The molecule has 0 bridgehead atoms. The molecule has 0 aliphatic carbocycles. The Hall–Kier alpha value is -1.62. The number of benzene rings is 1. The van der Waals surface area contributed by atoms with E-state index in [1.807, 2.05) is 18.2 Å². The van der Waals surface area contributed by atoms with Gasteiger partial charge < -0.3 is 10.0 Å². The van der Waals surface area contributed by atoms with Crippen LogP contribution in [0.1, 0.15) is 19.8 Å². The van der Waals surface area contributed by atoms with Crippen molar-refractivity contribution in [1.82, 2.24) is 4.37 Å². The number of carboxylic acids is 1. The van der Waals surface area contributed by atoms with Crippen molar-refractivity contribution in [3.63, 3.8) is 0 Å². The lowest BCUT2D eigenvalue weighted by Crippen LogP contribution is -2.42. The number of aliphatic carboxylic acids is 1. The molecule has 0 radical (unpaired) electrons. The van der Waals surface area contributed by atoms with E-state index in [2.05, 4.69) is 22.3 Å². The molecule has 1 aliphatic rings. The highest BCUT2D eigenvalue weighted by Crippen LogP contribution is 2.36. The number of rotatable bonds is 2. The molecule has 0 amide bonds. The summed E-state index contributed by atoms with van der Waals surface area (Å²) in [5.74, 6) is -0.869. The van der Waals surface area contributed by atoms with E-state index < -0.39 is 5.97 Å². The number of hydrogen-bond acceptors (Lipinski definition) is 4. The van der Waals surface area contributed by atoms with Crippen molar-refractivity contribution in [1.29, 1.82) is 0 Å². The molecule has 1 aliphatic heterocycles. The lowest BCUT2D eigenvalue weighted by atomic mass is 9.92. The van der Waals surface area contributed by atoms with E-state index in [-0.39, 0.29) is 12.0 Å². The number of anilines is 1. The third-order valence-electron chi connectivity index (χ3n) is 3.85. The van der Waals surface area contributed by atoms with Gasteiger partial charge in [0, 0.05) is 18.0 Å². The Kier molecular flexibility index (Phi) is 3.14. The maximum Gasteiger partial charge on any atom is 0.306 e. The van der Waals surface area contributed by atoms with Crippen LogP contribution >= 0.6 is 11.5 Å². The van der Waals surface area contributed by atoms with Gasteiger partial charge in [0.05, 0.1) is 11.4 Å². The summed E-state index contributed by atoms with van der Waals surface area (Å²) < 4.78 is 4.47. The third-order valence-corrected chi connectivity index (χ3v) is 4.77. The van der Waals surface area contributed by atoms with Crippen molar-refractivity contribution in [3.8, 4) is 0 Å². The van der Waals surface area contributed by atoms with Crippen LogP contribution in [0.3, 0.4) is 0 Å². The number of aromatic nitrogens is 1. The van der Waals surface area contributed by atoms with Crippen LogP contribution in [0.4, 0.5) is 5.00 Å². The predicted molar refractivity (Wildman–Crippen MR) is 76.8 cm³/mol. The summed E-state index contributed by atoms with van der Waals surface area (Å²) in [7, 11) is 0. The predicted octanol–water partition coefficient (Wildman–Crippen LogP) is 2.99. The second kappa shape index (κ2) is 4.81. The molecule has 1 fully saturated rings. The minimum absolute atomic E-state index is 0.203. The molecule has 2 atom stereocenters. The molecule has 2 aromatic rings. The first kappa shape index (κ1) is 12.4. The van der Waals surface area contributed by atoms with Gasteiger partial charge in [-0.15, -0.1) is 0 Å². The van der Waals surface area contributed by atoms with Crippen LogP contribution < -0.4 is 4.90 Å². The van der Waals surface area contributed by atoms with Crippen molar-refractivity contribution >= 4 is 33.4 Å². The molecule has 1 aromatic heterocycles. The summed E-state index contributed by atoms with van der Waals surface area (Å²) in [5.41, 5.74) is 1.02. The first-order chi connectivity index (χ1) is 9.16. The second-order valence-corrected chi connectivity index (χ2v) is 5.86. The van der Waals surface area contributed by atoms with Gasteiger partial charge in [-0.05, 0) is 43.4 Å². The van der Waals surface area contributed by atoms with Gasteiger partial charge in [0.15, 0.2) is 0 Å². The first-order valence-corrected chi connectivity index (χ1v) is 7.28. The number of carboxylic acid groups (broad SMARTS) is 1. The van der Waals surface area contributed by atoms with E-state index in [0.29, 0.717) is 12.8 Å². The molecular weight excluding hydrogens is 260 g/mol. The van der Waals surface area contributed by atoms with Crippen molar-refractivity contribution in [2.45, 2.75) is 25.8 Å². The van der Waals surface area contributed by atoms with Crippen LogP contribution in [0.5, 0.6) is 0 Å². The summed E-state index contributed by atoms with van der Waals surface area (Å²) in [6.07, 6.45) is 1.42. The second-order valence-electron chi connectivity index (χ2n) is 5.11. The summed E-state index contributed by atoms with van der Waals surface area (Å²) in [6.45, 7) is 2.90. The number of carbonyl (C=O) groups is 1. The van der Waals surface area contributed by atoms with E-state index in [9.17, 15) is 4.79 Å². The molecule has 4 nitrogen and oxygen atoms in total. The molecule has 0 spiro atoms. The summed E-state index contributed by atoms with van der Waals surface area (Å²) in [4.78, 5) is 13.4. The average molecular weight is 276 g/mol. The van der Waals surface area contributed by atoms with Crippen LogP contribution in [0.2, 0.25) is 0 Å². The monoisotopic (exact) mass is 276 g/mol. The molecule has 1 N–H and O–H groups in total. The molecule has 2 unspecified atom stereocenters. The van der Waals surface area contributed by atoms with Gasteiger partial charge in [-0.25, -0.2) is 0 Å². The molecule has 3 rings (SSSR count). The fourth-order valence-corrected chi connectivity index (χ4v) is 3.77. The summed E-state index contributed by atoms with van der Waals surface area (Å²) in [5, 5.41) is 11.5. The van der Waals surface area contributed by atoms with Gasteiger partial charge in [-0.2, -0.15) is 4.37 Å². The Labute approximate surface area is 115 Å². The normalized spacial score (nSPS) is 23.7. The number of nitrogens with zero attached hydrogens (tertiary/aromatic N) is 2. The Morgan fingerprint density at radius 1 is 1.47 bits per heavy atom. The van der Waals surface area contributed by atoms with Gasteiger partial charge in [0.2, 0.25) is 0 Å². The highest BCUT2D eigenvalue weighted by molar-refractivity contribution is 7.11. The minimum Gasteiger partial charge on any atom is -0.481 e. The van der Waals surface area contributed by atoms with Gasteiger partial charge in [-0.1, -0.05) is 12.1 Å². The lowest BCUT2D eigenvalue weighted by molar-refractivity contribution is -0.142. The highest BCUT2D eigenvalue weighted by atomic mass is 32.1. The SMILES string of the molecule is CC1CC(C(=O)O)CCN1c1snc2ccccc12. The minimum atomic E-state index is -0.666. The van der Waals surface area contributed by atoms with Gasteiger partial charge >= 0.3 is 5.97 Å². The van der Waals surface area contributed by atoms with E-state index in [4.69, 9.17) is 5.11 Å². The molecule has 1 saturated heterocycles. The molecule has 1 aromatic carbocycles. The summed E-state index contributed by atoms with van der Waals surface area (Å²) >= 11 is 1.51. The Morgan fingerprint density at radius 2 is 2.26 bits per heavy atom. The zero-order chi connectivity index (χ0) is 13.4. The fourth-order valence-electron chi connectivity index (χ4n) is 2.78. The Morgan fingerprint density at radius 3 is 3.00 bits per heavy atom. The van der Waals surface area contributed by atoms with E-state index in [1.165, 1.54) is 21.9 Å². The number of piperidine rings is 1. The number of hydrogen-bond donors (Lipinski definition) is 1. The van der Waals surface area contributed by atoms with E-state index in [1.54, 1.807) is 0 Å². The van der Waals surface area contributed by atoms with E-state index >= 15 is 0 Å². The van der Waals surface area contributed by atoms with Crippen molar-refractivity contribution in [3.05, 3.63) is 24.3 Å². The third kappa shape index (κ3) is 2.18. The zero-order valence-electron chi connectivity index (χ0n) is 10.7. The van der Waals surface area contributed by atoms with Gasteiger partial charge in [-0.3, -0.25) is 4.79 Å². The smallest absolute Gasteiger partial charge is 0.306 e.